The molecule has 0 unspecified atom stereocenters. The molecule has 0 aliphatic carbocycles. The van der Waals surface area contributed by atoms with Gasteiger partial charge in [0, 0.05) is 54.2 Å². The number of hydrogen-bond donors (Lipinski definition) is 3. The van der Waals surface area contributed by atoms with Crippen molar-refractivity contribution in [1.82, 2.24) is 15.3 Å². The van der Waals surface area contributed by atoms with Crippen LogP contribution >= 0.6 is 0 Å². The van der Waals surface area contributed by atoms with E-state index in [4.69, 9.17) is 10.7 Å². The molecule has 6 nitrogen and oxygen atoms in total. The Morgan fingerprint density at radius 1 is 0.806 bits per heavy atom. The van der Waals surface area contributed by atoms with E-state index in [1.54, 1.807) is 12.4 Å². The summed E-state index contributed by atoms with van der Waals surface area (Å²) in [6.07, 6.45) is 3.41. The highest BCUT2D eigenvalue weighted by atomic mass is 16.1. The van der Waals surface area contributed by atoms with E-state index in [0.29, 0.717) is 30.6 Å². The number of benzene rings is 3. The minimum Gasteiger partial charge on any atom is -0.383 e. The molecule has 0 radical (unpaired) electrons. The van der Waals surface area contributed by atoms with Crippen LogP contribution in [0.15, 0.2) is 103 Å². The van der Waals surface area contributed by atoms with E-state index >= 15 is 0 Å². The summed E-state index contributed by atoms with van der Waals surface area (Å²) >= 11 is 0. The quantitative estimate of drug-likeness (QED) is 0.267. The third-order valence-corrected chi connectivity index (χ3v) is 6.05. The number of carbonyl (C=O) groups is 1. The van der Waals surface area contributed by atoms with E-state index in [1.165, 1.54) is 0 Å². The van der Waals surface area contributed by atoms with Gasteiger partial charge in [0.2, 0.25) is 0 Å². The van der Waals surface area contributed by atoms with Crippen molar-refractivity contribution in [2.45, 2.75) is 6.54 Å². The van der Waals surface area contributed by atoms with E-state index in [2.05, 4.69) is 15.6 Å². The number of anilines is 1. The number of amides is 1. The maximum absolute atomic E-state index is 13.7. The van der Waals surface area contributed by atoms with Crippen molar-refractivity contribution in [3.05, 3.63) is 115 Å². The van der Waals surface area contributed by atoms with Crippen molar-refractivity contribution in [2.75, 3.05) is 18.4 Å². The fourth-order valence-electron chi connectivity index (χ4n) is 4.26. The average Bonchev–Trinajstić information content (AvgIpc) is 2.95. The molecule has 5 aromatic rings. The first kappa shape index (κ1) is 23.2. The number of aromatic nitrogens is 2. The number of carbonyl (C=O) groups excluding carboxylic acids is 1. The summed E-state index contributed by atoms with van der Waals surface area (Å²) in [6, 6.07) is 29.7. The molecule has 2 aromatic heterocycles. The molecule has 3 aromatic carbocycles. The normalized spacial score (nSPS) is 10.8. The Labute approximate surface area is 210 Å². The first-order chi connectivity index (χ1) is 17.7. The van der Waals surface area contributed by atoms with Gasteiger partial charge in [0.15, 0.2) is 0 Å². The second kappa shape index (κ2) is 10.8. The van der Waals surface area contributed by atoms with Crippen molar-refractivity contribution in [3.63, 3.8) is 0 Å². The number of nitrogens with one attached hydrogen (secondary N) is 2. The molecule has 36 heavy (non-hydrogen) atoms. The highest BCUT2D eigenvalue weighted by Crippen LogP contribution is 2.37. The highest BCUT2D eigenvalue weighted by molar-refractivity contribution is 6.14. The number of rotatable bonds is 8. The van der Waals surface area contributed by atoms with Crippen LogP contribution in [0.4, 0.5) is 5.69 Å². The summed E-state index contributed by atoms with van der Waals surface area (Å²) in [5.41, 5.74) is 12.5. The maximum atomic E-state index is 13.7. The van der Waals surface area contributed by atoms with Gasteiger partial charge >= 0.3 is 0 Å². The van der Waals surface area contributed by atoms with Crippen LogP contribution in [0.1, 0.15) is 15.9 Å². The molecule has 4 N–H and O–H groups in total. The second-order valence-corrected chi connectivity index (χ2v) is 8.42. The Bertz CT molecular complexity index is 1470. The van der Waals surface area contributed by atoms with Gasteiger partial charge in [0.25, 0.3) is 5.91 Å². The number of fused-ring (bicyclic) bond motifs is 1. The summed E-state index contributed by atoms with van der Waals surface area (Å²) in [5.74, 6) is -0.163. The fraction of sp³-hybridized carbons (Fsp3) is 0.100. The van der Waals surface area contributed by atoms with E-state index in [-0.39, 0.29) is 5.91 Å². The lowest BCUT2D eigenvalue weighted by Gasteiger charge is -2.18. The average molecular weight is 474 g/mol. The van der Waals surface area contributed by atoms with Crippen LogP contribution in [0.25, 0.3) is 33.3 Å². The molecule has 0 bridgehead atoms. The molecule has 178 valence electrons. The molecular formula is C30H27N5O. The van der Waals surface area contributed by atoms with E-state index in [0.717, 1.165) is 39.2 Å². The Morgan fingerprint density at radius 2 is 1.53 bits per heavy atom. The van der Waals surface area contributed by atoms with Gasteiger partial charge in [0.1, 0.15) is 0 Å². The molecular weight excluding hydrogens is 446 g/mol. The molecule has 5 rings (SSSR count). The molecule has 0 saturated heterocycles. The molecule has 2 heterocycles. The standard InChI is InChI=1S/C30H27N5O/c31-19-21-11-13-23(14-12-21)29-27(22-7-3-1-4-8-22)28(25-20-32-16-15-26(25)35-29)30(36)34-18-17-33-24-9-5-2-6-10-24/h1-16,20,33H,17-19,31H2,(H,34,36). The molecule has 0 spiro atoms. The van der Waals surface area contributed by atoms with Crippen LogP contribution in [0, 0.1) is 0 Å². The van der Waals surface area contributed by atoms with Crippen molar-refractivity contribution in [3.8, 4) is 22.4 Å². The number of pyridine rings is 2. The van der Waals surface area contributed by atoms with Crippen LogP contribution in [-0.2, 0) is 6.54 Å². The second-order valence-electron chi connectivity index (χ2n) is 8.42. The first-order valence-electron chi connectivity index (χ1n) is 11.9. The molecule has 0 saturated carbocycles. The Morgan fingerprint density at radius 3 is 2.25 bits per heavy atom. The predicted octanol–water partition coefficient (Wildman–Crippen LogP) is 5.26. The van der Waals surface area contributed by atoms with Gasteiger partial charge in [-0.25, -0.2) is 4.98 Å². The number of nitrogens with two attached hydrogens (primary N) is 1. The zero-order valence-corrected chi connectivity index (χ0v) is 19.8. The summed E-state index contributed by atoms with van der Waals surface area (Å²) in [5, 5.41) is 7.14. The van der Waals surface area contributed by atoms with Gasteiger partial charge < -0.3 is 16.4 Å². The van der Waals surface area contributed by atoms with Crippen molar-refractivity contribution < 1.29 is 4.79 Å². The lowest BCUT2D eigenvalue weighted by atomic mass is 9.91. The Balaban J connectivity index is 1.58. The van der Waals surface area contributed by atoms with Crippen LogP contribution in [0.2, 0.25) is 0 Å². The molecule has 0 fully saturated rings. The van der Waals surface area contributed by atoms with Crippen molar-refractivity contribution in [2.24, 2.45) is 5.73 Å². The summed E-state index contributed by atoms with van der Waals surface area (Å²) in [4.78, 5) is 23.0. The molecule has 0 atom stereocenters. The molecule has 0 aliphatic rings. The SMILES string of the molecule is NCc1ccc(-c2nc3ccncc3c(C(=O)NCCNc3ccccc3)c2-c2ccccc2)cc1. The van der Waals surface area contributed by atoms with Gasteiger partial charge in [-0.15, -0.1) is 0 Å². The zero-order valence-electron chi connectivity index (χ0n) is 19.8. The summed E-state index contributed by atoms with van der Waals surface area (Å²) in [6.45, 7) is 1.53. The molecule has 1 amide bonds. The van der Waals surface area contributed by atoms with Gasteiger partial charge in [0.05, 0.1) is 16.8 Å². The smallest absolute Gasteiger partial charge is 0.252 e. The summed E-state index contributed by atoms with van der Waals surface area (Å²) in [7, 11) is 0. The van der Waals surface area contributed by atoms with Gasteiger partial charge in [-0.2, -0.15) is 0 Å². The van der Waals surface area contributed by atoms with Crippen LogP contribution in [-0.4, -0.2) is 29.0 Å². The maximum Gasteiger partial charge on any atom is 0.252 e. The van der Waals surface area contributed by atoms with Gasteiger partial charge in [-0.1, -0.05) is 72.8 Å². The van der Waals surface area contributed by atoms with E-state index < -0.39 is 0 Å². The van der Waals surface area contributed by atoms with Crippen LogP contribution < -0.4 is 16.4 Å². The Hall–Kier alpha value is -4.55. The van der Waals surface area contributed by atoms with Crippen LogP contribution in [0.3, 0.4) is 0 Å². The monoisotopic (exact) mass is 473 g/mol. The lowest BCUT2D eigenvalue weighted by Crippen LogP contribution is -2.29. The first-order valence-corrected chi connectivity index (χ1v) is 11.9. The zero-order chi connectivity index (χ0) is 24.7. The van der Waals surface area contributed by atoms with Gasteiger partial charge in [-0.3, -0.25) is 9.78 Å². The lowest BCUT2D eigenvalue weighted by molar-refractivity contribution is 0.0957. The van der Waals surface area contributed by atoms with Crippen molar-refractivity contribution >= 4 is 22.5 Å². The topological polar surface area (TPSA) is 92.9 Å². The van der Waals surface area contributed by atoms with Gasteiger partial charge in [-0.05, 0) is 29.3 Å². The third kappa shape index (κ3) is 4.94. The largest absolute Gasteiger partial charge is 0.383 e. The van der Waals surface area contributed by atoms with Crippen LogP contribution in [0.5, 0.6) is 0 Å². The van der Waals surface area contributed by atoms with Crippen molar-refractivity contribution in [1.29, 1.82) is 0 Å². The summed E-state index contributed by atoms with van der Waals surface area (Å²) < 4.78 is 0. The molecule has 6 heteroatoms. The number of nitrogens with zero attached hydrogens (tertiary/aromatic N) is 2. The predicted molar refractivity (Wildman–Crippen MR) is 146 cm³/mol. The fourth-order valence-corrected chi connectivity index (χ4v) is 4.26. The van der Waals surface area contributed by atoms with E-state index in [9.17, 15) is 4.79 Å². The Kier molecular flexibility index (Phi) is 6.96. The minimum absolute atomic E-state index is 0.163. The number of hydrogen-bond acceptors (Lipinski definition) is 5. The molecule has 0 aliphatic heterocycles. The third-order valence-electron chi connectivity index (χ3n) is 6.05. The number of para-hydroxylation sites is 1. The van der Waals surface area contributed by atoms with E-state index in [1.807, 2.05) is 91.0 Å². The minimum atomic E-state index is -0.163. The highest BCUT2D eigenvalue weighted by Gasteiger charge is 2.23.